The van der Waals surface area contributed by atoms with Gasteiger partial charge in [-0.1, -0.05) is 0 Å². The van der Waals surface area contributed by atoms with Crippen LogP contribution >= 0.6 is 0 Å². The molecule has 2 aromatic rings. The number of rotatable bonds is 4. The maximum Gasteiger partial charge on any atom is 0.150 e. The molecule has 0 aliphatic rings. The van der Waals surface area contributed by atoms with Crippen molar-refractivity contribution in [2.24, 2.45) is 0 Å². The van der Waals surface area contributed by atoms with Crippen LogP contribution in [0.15, 0.2) is 30.5 Å². The van der Waals surface area contributed by atoms with Gasteiger partial charge in [-0.3, -0.25) is 0 Å². The molecule has 0 aliphatic heterocycles. The van der Waals surface area contributed by atoms with E-state index < -0.39 is 9.84 Å². The first-order chi connectivity index (χ1) is 7.54. The first-order valence-electron chi connectivity index (χ1n) is 4.92. The smallest absolute Gasteiger partial charge is 0.150 e. The van der Waals surface area contributed by atoms with Crippen molar-refractivity contribution in [2.45, 2.75) is 0 Å². The topological polar surface area (TPSA) is 59.2 Å². The summed E-state index contributed by atoms with van der Waals surface area (Å²) < 4.78 is 27.2. The van der Waals surface area contributed by atoms with Gasteiger partial charge in [-0.25, -0.2) is 8.42 Å². The molecular formula is C11H13NO3S. The lowest BCUT2D eigenvalue weighted by Gasteiger charge is -2.05. The van der Waals surface area contributed by atoms with Gasteiger partial charge >= 0.3 is 0 Å². The molecule has 1 heterocycles. The Morgan fingerprint density at radius 2 is 2.12 bits per heavy atom. The first kappa shape index (κ1) is 11.0. The van der Waals surface area contributed by atoms with Gasteiger partial charge in [0.05, 0.1) is 5.75 Å². The number of sulfone groups is 1. The van der Waals surface area contributed by atoms with E-state index in [1.54, 1.807) is 0 Å². The molecule has 86 valence electrons. The summed E-state index contributed by atoms with van der Waals surface area (Å²) in [7, 11) is -2.96. The summed E-state index contributed by atoms with van der Waals surface area (Å²) in [6.45, 7) is 0.189. The number of aromatic nitrogens is 1. The maximum absolute atomic E-state index is 10.9. The second kappa shape index (κ2) is 4.17. The number of aromatic amines is 1. The zero-order valence-electron chi connectivity index (χ0n) is 8.93. The zero-order chi connectivity index (χ0) is 11.6. The third-order valence-corrected chi connectivity index (χ3v) is 3.16. The molecule has 0 amide bonds. The Kier molecular flexibility index (Phi) is 2.87. The van der Waals surface area contributed by atoms with Crippen molar-refractivity contribution >= 4 is 20.7 Å². The van der Waals surface area contributed by atoms with Crippen molar-refractivity contribution in [1.82, 2.24) is 4.98 Å². The molecule has 0 bridgehead atoms. The third-order valence-electron chi connectivity index (χ3n) is 2.25. The Morgan fingerprint density at radius 3 is 2.88 bits per heavy atom. The molecule has 0 unspecified atom stereocenters. The van der Waals surface area contributed by atoms with E-state index in [-0.39, 0.29) is 12.4 Å². The minimum atomic E-state index is -2.96. The van der Waals surface area contributed by atoms with E-state index in [2.05, 4.69) is 4.98 Å². The van der Waals surface area contributed by atoms with Crippen LogP contribution in [0.25, 0.3) is 10.9 Å². The molecule has 16 heavy (non-hydrogen) atoms. The summed E-state index contributed by atoms with van der Waals surface area (Å²) in [5.74, 6) is 0.730. The zero-order valence-corrected chi connectivity index (χ0v) is 9.75. The van der Waals surface area contributed by atoms with Crippen molar-refractivity contribution in [3.8, 4) is 5.75 Å². The van der Waals surface area contributed by atoms with Crippen LogP contribution in [0.3, 0.4) is 0 Å². The fourth-order valence-electron chi connectivity index (χ4n) is 1.43. The summed E-state index contributed by atoms with van der Waals surface area (Å²) in [5, 5.41) is 1.05. The Morgan fingerprint density at radius 1 is 1.31 bits per heavy atom. The predicted molar refractivity (Wildman–Crippen MR) is 63.5 cm³/mol. The van der Waals surface area contributed by atoms with E-state index in [0.29, 0.717) is 5.75 Å². The molecule has 0 aliphatic carbocycles. The van der Waals surface area contributed by atoms with Crippen LogP contribution in [0.4, 0.5) is 0 Å². The van der Waals surface area contributed by atoms with Gasteiger partial charge in [-0.15, -0.1) is 0 Å². The van der Waals surface area contributed by atoms with Gasteiger partial charge in [0.2, 0.25) is 0 Å². The summed E-state index contributed by atoms with van der Waals surface area (Å²) in [6.07, 6.45) is 3.05. The lowest BCUT2D eigenvalue weighted by atomic mass is 10.2. The molecule has 5 heteroatoms. The van der Waals surface area contributed by atoms with Crippen molar-refractivity contribution in [1.29, 1.82) is 0 Å². The summed E-state index contributed by atoms with van der Waals surface area (Å²) in [4.78, 5) is 3.08. The highest BCUT2D eigenvalue weighted by Crippen LogP contribution is 2.19. The van der Waals surface area contributed by atoms with Crippen LogP contribution in [0, 0.1) is 0 Å². The van der Waals surface area contributed by atoms with Crippen LogP contribution < -0.4 is 4.74 Å². The number of hydrogen-bond acceptors (Lipinski definition) is 3. The van der Waals surface area contributed by atoms with Gasteiger partial charge in [-0.2, -0.15) is 0 Å². The van der Waals surface area contributed by atoms with E-state index in [1.807, 2.05) is 30.5 Å². The second-order valence-electron chi connectivity index (χ2n) is 3.71. The Labute approximate surface area is 94.2 Å². The van der Waals surface area contributed by atoms with E-state index >= 15 is 0 Å². The minimum Gasteiger partial charge on any atom is -0.493 e. The van der Waals surface area contributed by atoms with Crippen LogP contribution in [-0.4, -0.2) is 32.0 Å². The number of H-pyrrole nitrogens is 1. The molecule has 0 saturated carbocycles. The highest BCUT2D eigenvalue weighted by atomic mass is 32.2. The molecular weight excluding hydrogens is 226 g/mol. The SMILES string of the molecule is CS(=O)(=O)CCOc1ccc2[nH]ccc2c1. The number of benzene rings is 1. The first-order valence-corrected chi connectivity index (χ1v) is 6.98. The van der Waals surface area contributed by atoms with Crippen molar-refractivity contribution in [3.63, 3.8) is 0 Å². The fourth-order valence-corrected chi connectivity index (χ4v) is 1.82. The average Bonchev–Trinajstić information content (AvgIpc) is 2.62. The Balaban J connectivity index is 2.04. The molecule has 0 atom stereocenters. The van der Waals surface area contributed by atoms with Crippen molar-refractivity contribution in [3.05, 3.63) is 30.5 Å². The van der Waals surface area contributed by atoms with Gasteiger partial charge in [0.25, 0.3) is 0 Å². The molecule has 4 nitrogen and oxygen atoms in total. The number of nitrogens with one attached hydrogen (secondary N) is 1. The van der Waals surface area contributed by atoms with E-state index in [0.717, 1.165) is 10.9 Å². The highest BCUT2D eigenvalue weighted by molar-refractivity contribution is 7.90. The second-order valence-corrected chi connectivity index (χ2v) is 5.96. The largest absolute Gasteiger partial charge is 0.493 e. The van der Waals surface area contributed by atoms with Gasteiger partial charge < -0.3 is 9.72 Å². The molecule has 0 radical (unpaired) electrons. The Bertz CT molecular complexity index is 586. The lowest BCUT2D eigenvalue weighted by Crippen LogP contribution is -2.11. The van der Waals surface area contributed by atoms with Gasteiger partial charge in [0, 0.05) is 23.4 Å². The monoisotopic (exact) mass is 239 g/mol. The normalized spacial score (nSPS) is 11.8. The van der Waals surface area contributed by atoms with E-state index in [4.69, 9.17) is 4.74 Å². The fraction of sp³-hybridized carbons (Fsp3) is 0.273. The van der Waals surface area contributed by atoms with Crippen LogP contribution in [0.5, 0.6) is 5.75 Å². The molecule has 2 rings (SSSR count). The van der Waals surface area contributed by atoms with Gasteiger partial charge in [0.15, 0.2) is 9.84 Å². The molecule has 0 spiro atoms. The molecule has 1 N–H and O–H groups in total. The summed E-state index contributed by atoms with van der Waals surface area (Å²) in [5.41, 5.74) is 1.04. The highest BCUT2D eigenvalue weighted by Gasteiger charge is 2.03. The summed E-state index contributed by atoms with van der Waals surface area (Å²) >= 11 is 0. The van der Waals surface area contributed by atoms with Crippen LogP contribution in [0.2, 0.25) is 0 Å². The molecule has 0 fully saturated rings. The van der Waals surface area contributed by atoms with E-state index in [9.17, 15) is 8.42 Å². The van der Waals surface area contributed by atoms with Crippen molar-refractivity contribution in [2.75, 3.05) is 18.6 Å². The van der Waals surface area contributed by atoms with E-state index in [1.165, 1.54) is 6.26 Å². The van der Waals surface area contributed by atoms with Gasteiger partial charge in [-0.05, 0) is 24.3 Å². The maximum atomic E-state index is 10.9. The molecule has 1 aromatic heterocycles. The quantitative estimate of drug-likeness (QED) is 0.881. The minimum absolute atomic E-state index is 0.0399. The lowest BCUT2D eigenvalue weighted by molar-refractivity contribution is 0.341. The van der Waals surface area contributed by atoms with Crippen molar-refractivity contribution < 1.29 is 13.2 Å². The summed E-state index contributed by atoms with van der Waals surface area (Å²) in [6, 6.07) is 7.55. The number of hydrogen-bond donors (Lipinski definition) is 1. The third kappa shape index (κ3) is 2.76. The Hall–Kier alpha value is -1.49. The standard InChI is InChI=1S/C11H13NO3S/c1-16(13,14)7-6-15-10-2-3-11-9(8-10)4-5-12-11/h2-5,8,12H,6-7H2,1H3. The average molecular weight is 239 g/mol. The van der Waals surface area contributed by atoms with Crippen LogP contribution in [-0.2, 0) is 9.84 Å². The van der Waals surface area contributed by atoms with Gasteiger partial charge in [0.1, 0.15) is 12.4 Å². The number of fused-ring (bicyclic) bond motifs is 1. The molecule has 0 saturated heterocycles. The predicted octanol–water partition coefficient (Wildman–Crippen LogP) is 1.59. The van der Waals surface area contributed by atoms with Crippen LogP contribution in [0.1, 0.15) is 0 Å². The molecule has 1 aromatic carbocycles. The number of ether oxygens (including phenoxy) is 1.